The zero-order valence-corrected chi connectivity index (χ0v) is 5.00. The maximum atomic E-state index is 4.81. The number of nitrogens with two attached hydrogens (primary N) is 1. The van der Waals surface area contributed by atoms with Crippen molar-refractivity contribution in [2.75, 3.05) is 6.61 Å². The summed E-state index contributed by atoms with van der Waals surface area (Å²) in [6.45, 7) is 0.530. The van der Waals surface area contributed by atoms with Gasteiger partial charge in [0, 0.05) is 18.3 Å². The lowest BCUT2D eigenvalue weighted by molar-refractivity contribution is 0.140. The largest absolute Gasteiger partial charge is 0.304 e. The van der Waals surface area contributed by atoms with E-state index in [9.17, 15) is 0 Å². The number of rotatable bonds is 3. The van der Waals surface area contributed by atoms with Gasteiger partial charge in [0.25, 0.3) is 0 Å². The van der Waals surface area contributed by atoms with E-state index in [1.54, 1.807) is 6.20 Å². The van der Waals surface area contributed by atoms with Gasteiger partial charge in [-0.05, 0) is 6.07 Å². The van der Waals surface area contributed by atoms with Gasteiger partial charge in [-0.15, -0.1) is 0 Å². The summed E-state index contributed by atoms with van der Waals surface area (Å²) in [6.07, 6.45) is 2.49. The third kappa shape index (κ3) is 1.83. The van der Waals surface area contributed by atoms with Crippen molar-refractivity contribution in [3.8, 4) is 0 Å². The molecular weight excluding hydrogens is 118 g/mol. The average molecular weight is 127 g/mol. The number of nitrogens with one attached hydrogen (secondary N) is 1. The van der Waals surface area contributed by atoms with Crippen molar-refractivity contribution in [2.45, 2.75) is 6.42 Å². The van der Waals surface area contributed by atoms with Gasteiger partial charge in [-0.1, -0.05) is 0 Å². The molecule has 0 radical (unpaired) electrons. The smallest absolute Gasteiger partial charge is 0.0734 e. The Balaban J connectivity index is 2.30. The molecule has 1 rings (SSSR count). The second kappa shape index (κ2) is 3.21. The Kier molecular flexibility index (Phi) is 2.23. The number of nitrogens with zero attached hydrogens (tertiary/aromatic N) is 1. The van der Waals surface area contributed by atoms with Crippen LogP contribution in [0.2, 0.25) is 0 Å². The molecule has 0 amide bonds. The van der Waals surface area contributed by atoms with Gasteiger partial charge in [-0.25, -0.2) is 5.90 Å². The zero-order valence-electron chi connectivity index (χ0n) is 5.00. The lowest BCUT2D eigenvalue weighted by atomic mass is 10.3. The Labute approximate surface area is 53.0 Å². The molecule has 0 bridgehead atoms. The fourth-order valence-corrected chi connectivity index (χ4v) is 0.593. The molecule has 1 heterocycles. The summed E-state index contributed by atoms with van der Waals surface area (Å²) < 4.78 is 0. The van der Waals surface area contributed by atoms with Crippen molar-refractivity contribution in [2.24, 2.45) is 5.90 Å². The zero-order chi connectivity index (χ0) is 6.53. The van der Waals surface area contributed by atoms with Gasteiger partial charge >= 0.3 is 0 Å². The van der Waals surface area contributed by atoms with E-state index in [4.69, 9.17) is 5.90 Å². The summed E-state index contributed by atoms with van der Waals surface area (Å²) in [5, 5.41) is 6.54. The molecule has 4 heteroatoms. The van der Waals surface area contributed by atoms with E-state index in [0.717, 1.165) is 12.1 Å². The Morgan fingerprint density at radius 1 is 1.78 bits per heavy atom. The van der Waals surface area contributed by atoms with E-state index < -0.39 is 0 Å². The second-order valence-electron chi connectivity index (χ2n) is 1.70. The molecule has 1 aromatic rings. The molecule has 0 spiro atoms. The highest BCUT2D eigenvalue weighted by Gasteiger charge is 1.90. The van der Waals surface area contributed by atoms with E-state index in [2.05, 4.69) is 15.0 Å². The maximum Gasteiger partial charge on any atom is 0.0734 e. The van der Waals surface area contributed by atoms with Crippen LogP contribution in [0.4, 0.5) is 0 Å². The van der Waals surface area contributed by atoms with Crippen molar-refractivity contribution >= 4 is 0 Å². The molecule has 0 saturated heterocycles. The minimum atomic E-state index is 0.530. The van der Waals surface area contributed by atoms with Crippen LogP contribution in [0.15, 0.2) is 12.3 Å². The first-order chi connectivity index (χ1) is 4.43. The Morgan fingerprint density at radius 3 is 3.22 bits per heavy atom. The number of aromatic nitrogens is 2. The highest BCUT2D eigenvalue weighted by molar-refractivity contribution is 4.96. The summed E-state index contributed by atoms with van der Waals surface area (Å²) in [5.41, 5.74) is 1.04. The van der Waals surface area contributed by atoms with Crippen LogP contribution in [0.3, 0.4) is 0 Å². The van der Waals surface area contributed by atoms with E-state index >= 15 is 0 Å². The van der Waals surface area contributed by atoms with Crippen molar-refractivity contribution in [1.82, 2.24) is 10.2 Å². The van der Waals surface area contributed by atoms with Crippen LogP contribution in [-0.2, 0) is 11.3 Å². The highest BCUT2D eigenvalue weighted by Crippen LogP contribution is 1.91. The first kappa shape index (κ1) is 6.25. The van der Waals surface area contributed by atoms with Gasteiger partial charge in [0.2, 0.25) is 0 Å². The first-order valence-electron chi connectivity index (χ1n) is 2.73. The lowest BCUT2D eigenvalue weighted by Crippen LogP contribution is -2.03. The highest BCUT2D eigenvalue weighted by atomic mass is 16.6. The van der Waals surface area contributed by atoms with Crippen LogP contribution < -0.4 is 5.90 Å². The topological polar surface area (TPSA) is 63.9 Å². The second-order valence-corrected chi connectivity index (χ2v) is 1.70. The summed E-state index contributed by atoms with van der Waals surface area (Å²) in [7, 11) is 0. The summed E-state index contributed by atoms with van der Waals surface area (Å²) in [5.74, 6) is 4.81. The van der Waals surface area contributed by atoms with E-state index in [1.807, 2.05) is 6.07 Å². The standard InChI is InChI=1S/C5H9N3O/c6-9-4-2-5-1-3-7-8-5/h1,3H,2,4,6H2,(H,7,8). The van der Waals surface area contributed by atoms with Crippen molar-refractivity contribution in [1.29, 1.82) is 0 Å². The SMILES string of the molecule is NOCCc1ccn[nH]1. The van der Waals surface area contributed by atoms with Gasteiger partial charge in [0.1, 0.15) is 0 Å². The van der Waals surface area contributed by atoms with Gasteiger partial charge in [0.05, 0.1) is 6.61 Å². The third-order valence-electron chi connectivity index (χ3n) is 1.05. The minimum Gasteiger partial charge on any atom is -0.304 e. The van der Waals surface area contributed by atoms with Crippen LogP contribution in [0, 0.1) is 0 Å². The van der Waals surface area contributed by atoms with Crippen LogP contribution in [-0.4, -0.2) is 16.8 Å². The fourth-order valence-electron chi connectivity index (χ4n) is 0.593. The monoisotopic (exact) mass is 127 g/mol. The molecule has 3 N–H and O–H groups in total. The molecule has 0 unspecified atom stereocenters. The predicted molar refractivity (Wildman–Crippen MR) is 32.4 cm³/mol. The molecule has 50 valence electrons. The Morgan fingerprint density at radius 2 is 2.67 bits per heavy atom. The molecule has 0 atom stereocenters. The lowest BCUT2D eigenvalue weighted by Gasteiger charge is -1.92. The third-order valence-corrected chi connectivity index (χ3v) is 1.05. The Bertz CT molecular complexity index is 149. The summed E-state index contributed by atoms with van der Waals surface area (Å²) >= 11 is 0. The fraction of sp³-hybridized carbons (Fsp3) is 0.400. The van der Waals surface area contributed by atoms with Gasteiger partial charge < -0.3 is 4.84 Å². The van der Waals surface area contributed by atoms with Crippen molar-refractivity contribution < 1.29 is 4.84 Å². The molecule has 0 aliphatic carbocycles. The number of hydrogen-bond acceptors (Lipinski definition) is 3. The van der Waals surface area contributed by atoms with Gasteiger partial charge in [-0.3, -0.25) is 5.10 Å². The molecule has 0 aliphatic rings. The average Bonchev–Trinajstić information content (AvgIpc) is 2.34. The van der Waals surface area contributed by atoms with Crippen LogP contribution in [0.25, 0.3) is 0 Å². The van der Waals surface area contributed by atoms with E-state index in [0.29, 0.717) is 6.61 Å². The van der Waals surface area contributed by atoms with Crippen molar-refractivity contribution in [3.63, 3.8) is 0 Å². The number of aromatic amines is 1. The van der Waals surface area contributed by atoms with E-state index in [1.165, 1.54) is 0 Å². The van der Waals surface area contributed by atoms with Crippen LogP contribution in [0.1, 0.15) is 5.69 Å². The summed E-state index contributed by atoms with van der Waals surface area (Å²) in [6, 6.07) is 1.89. The normalized spacial score (nSPS) is 9.89. The van der Waals surface area contributed by atoms with E-state index in [-0.39, 0.29) is 0 Å². The molecule has 0 aromatic carbocycles. The first-order valence-corrected chi connectivity index (χ1v) is 2.73. The Hall–Kier alpha value is -0.870. The molecule has 0 fully saturated rings. The number of hydrogen-bond donors (Lipinski definition) is 2. The predicted octanol–water partition coefficient (Wildman–Crippen LogP) is -0.158. The van der Waals surface area contributed by atoms with Gasteiger partial charge in [0.15, 0.2) is 0 Å². The summed E-state index contributed by atoms with van der Waals surface area (Å²) in [4.78, 5) is 4.37. The van der Waals surface area contributed by atoms with Crippen molar-refractivity contribution in [3.05, 3.63) is 18.0 Å². The molecular formula is C5H9N3O. The molecule has 0 saturated carbocycles. The van der Waals surface area contributed by atoms with Gasteiger partial charge in [-0.2, -0.15) is 5.10 Å². The number of H-pyrrole nitrogens is 1. The maximum absolute atomic E-state index is 4.81. The van der Waals surface area contributed by atoms with Crippen LogP contribution >= 0.6 is 0 Å². The molecule has 4 nitrogen and oxygen atoms in total. The molecule has 1 aromatic heterocycles. The molecule has 9 heavy (non-hydrogen) atoms. The van der Waals surface area contributed by atoms with Crippen LogP contribution in [0.5, 0.6) is 0 Å². The quantitative estimate of drug-likeness (QED) is 0.554. The minimum absolute atomic E-state index is 0.530. The molecule has 0 aliphatic heterocycles.